The first-order chi connectivity index (χ1) is 18.3. The summed E-state index contributed by atoms with van der Waals surface area (Å²) in [6.45, 7) is 5.17. The summed E-state index contributed by atoms with van der Waals surface area (Å²) in [7, 11) is 2.93. The fourth-order valence-electron chi connectivity index (χ4n) is 4.77. The van der Waals surface area contributed by atoms with Gasteiger partial charge in [-0.3, -0.25) is 19.7 Å². The summed E-state index contributed by atoms with van der Waals surface area (Å²) in [6.07, 6.45) is 5.50. The highest BCUT2D eigenvalue weighted by Gasteiger charge is 2.35. The van der Waals surface area contributed by atoms with E-state index in [4.69, 9.17) is 14.2 Å². The summed E-state index contributed by atoms with van der Waals surface area (Å²) >= 11 is 0. The van der Waals surface area contributed by atoms with E-state index in [1.54, 1.807) is 13.8 Å². The summed E-state index contributed by atoms with van der Waals surface area (Å²) < 4.78 is 15.4. The number of rotatable bonds is 15. The maximum Gasteiger partial charge on any atom is 0.413 e. The Bertz CT molecular complexity index is 807. The Kier molecular flexibility index (Phi) is 14.7. The Labute approximate surface area is 232 Å². The van der Waals surface area contributed by atoms with Crippen molar-refractivity contribution in [3.05, 3.63) is 0 Å². The second-order valence-electron chi connectivity index (χ2n) is 9.42. The Hall–Kier alpha value is -2.15. The van der Waals surface area contributed by atoms with Crippen molar-refractivity contribution >= 4 is 51.6 Å². The molecule has 2 aliphatic rings. The lowest BCUT2D eigenvalue weighted by Gasteiger charge is -2.36. The number of nitrogens with zero attached hydrogens (tertiary/aromatic N) is 1. The maximum absolute atomic E-state index is 12.3. The molecule has 1 saturated carbocycles. The van der Waals surface area contributed by atoms with Gasteiger partial charge < -0.3 is 24.4 Å². The van der Waals surface area contributed by atoms with Crippen LogP contribution < -0.4 is 10.6 Å². The molecule has 0 aromatic rings. The van der Waals surface area contributed by atoms with E-state index in [1.807, 2.05) is 0 Å². The summed E-state index contributed by atoms with van der Waals surface area (Å²) in [5.74, 6) is 0.225. The van der Waals surface area contributed by atoms with Crippen LogP contribution in [0.1, 0.15) is 71.6 Å². The summed E-state index contributed by atoms with van der Waals surface area (Å²) in [5.41, 5.74) is -0.270. The Morgan fingerprint density at radius 2 is 1.61 bits per heavy atom. The van der Waals surface area contributed by atoms with E-state index in [9.17, 15) is 24.0 Å². The van der Waals surface area contributed by atoms with E-state index >= 15 is 0 Å². The highest BCUT2D eigenvalue weighted by Crippen LogP contribution is 2.39. The lowest BCUT2D eigenvalue weighted by atomic mass is 9.72. The molecule has 38 heavy (non-hydrogen) atoms. The van der Waals surface area contributed by atoms with Crippen molar-refractivity contribution in [1.82, 2.24) is 15.5 Å². The van der Waals surface area contributed by atoms with Gasteiger partial charge in [0.2, 0.25) is 5.91 Å². The minimum atomic E-state index is -0.829. The SMILES string of the molecule is CCOC(=O)CC1(CNC(=O)OCCSSCCOC(=O)NC(=O)[C@H](CC)N2CCCC2=O)CCCCC1. The lowest BCUT2D eigenvalue weighted by molar-refractivity contribution is -0.146. The molecule has 0 spiro atoms. The summed E-state index contributed by atoms with van der Waals surface area (Å²) in [4.78, 5) is 61.8. The van der Waals surface area contributed by atoms with Crippen LogP contribution in [0.15, 0.2) is 0 Å². The molecule has 0 radical (unpaired) electrons. The molecule has 2 fully saturated rings. The second kappa shape index (κ2) is 17.4. The van der Waals surface area contributed by atoms with Crippen molar-refractivity contribution in [2.24, 2.45) is 5.41 Å². The van der Waals surface area contributed by atoms with Gasteiger partial charge in [-0.05, 0) is 38.0 Å². The number of carbonyl (C=O) groups excluding carboxylic acids is 5. The van der Waals surface area contributed by atoms with Crippen molar-refractivity contribution in [3.63, 3.8) is 0 Å². The lowest BCUT2D eigenvalue weighted by Crippen LogP contribution is -2.48. The smallest absolute Gasteiger partial charge is 0.413 e. The summed E-state index contributed by atoms with van der Waals surface area (Å²) in [5, 5.41) is 5.02. The van der Waals surface area contributed by atoms with Gasteiger partial charge in [0.05, 0.1) is 13.0 Å². The van der Waals surface area contributed by atoms with Crippen LogP contribution in [0, 0.1) is 5.41 Å². The van der Waals surface area contributed by atoms with Gasteiger partial charge in [0, 0.05) is 31.0 Å². The molecule has 0 aromatic heterocycles. The van der Waals surface area contributed by atoms with E-state index in [2.05, 4.69) is 10.6 Å². The number of ether oxygens (including phenoxy) is 3. The van der Waals surface area contributed by atoms with Gasteiger partial charge >= 0.3 is 18.2 Å². The van der Waals surface area contributed by atoms with E-state index in [0.29, 0.717) is 50.5 Å². The third-order valence-corrected chi connectivity index (χ3v) is 8.96. The van der Waals surface area contributed by atoms with Gasteiger partial charge in [-0.15, -0.1) is 0 Å². The molecule has 1 atom stereocenters. The third kappa shape index (κ3) is 11.3. The number of hydrogen-bond acceptors (Lipinski definition) is 10. The average molecular weight is 576 g/mol. The highest BCUT2D eigenvalue weighted by molar-refractivity contribution is 8.76. The van der Waals surface area contributed by atoms with Crippen LogP contribution in [-0.4, -0.2) is 85.3 Å². The van der Waals surface area contributed by atoms with Crippen LogP contribution in [0.5, 0.6) is 0 Å². The van der Waals surface area contributed by atoms with Crippen molar-refractivity contribution in [2.45, 2.75) is 77.7 Å². The van der Waals surface area contributed by atoms with E-state index < -0.39 is 24.1 Å². The predicted octanol–water partition coefficient (Wildman–Crippen LogP) is 3.65. The molecule has 2 rings (SSSR count). The largest absolute Gasteiger partial charge is 0.466 e. The molecule has 0 aromatic carbocycles. The zero-order valence-corrected chi connectivity index (χ0v) is 24.1. The predicted molar refractivity (Wildman–Crippen MR) is 146 cm³/mol. The van der Waals surface area contributed by atoms with Crippen molar-refractivity contribution in [2.75, 3.05) is 44.4 Å². The van der Waals surface area contributed by atoms with Gasteiger partial charge in [-0.2, -0.15) is 0 Å². The van der Waals surface area contributed by atoms with Crippen LogP contribution in [0.25, 0.3) is 0 Å². The van der Waals surface area contributed by atoms with Crippen molar-refractivity contribution < 1.29 is 38.2 Å². The number of hydrogen-bond donors (Lipinski definition) is 2. The Morgan fingerprint density at radius 3 is 2.18 bits per heavy atom. The molecule has 4 amide bonds. The van der Waals surface area contributed by atoms with Crippen molar-refractivity contribution in [1.29, 1.82) is 0 Å². The molecule has 2 N–H and O–H groups in total. The second-order valence-corrected chi connectivity index (χ2v) is 12.1. The third-order valence-electron chi connectivity index (χ3n) is 6.63. The molecule has 216 valence electrons. The molecular weight excluding hydrogens is 534 g/mol. The fourth-order valence-corrected chi connectivity index (χ4v) is 6.42. The van der Waals surface area contributed by atoms with Gasteiger partial charge in [0.1, 0.15) is 19.3 Å². The average Bonchev–Trinajstić information content (AvgIpc) is 3.30. The van der Waals surface area contributed by atoms with Gasteiger partial charge in [-0.1, -0.05) is 47.8 Å². The molecule has 1 aliphatic carbocycles. The van der Waals surface area contributed by atoms with Gasteiger partial charge in [0.25, 0.3) is 5.91 Å². The number of esters is 1. The number of nitrogens with one attached hydrogen (secondary N) is 2. The first-order valence-corrected chi connectivity index (χ1v) is 15.9. The molecule has 0 bridgehead atoms. The zero-order chi connectivity index (χ0) is 27.8. The molecule has 1 saturated heterocycles. The minimum Gasteiger partial charge on any atom is -0.466 e. The molecular formula is C25H41N3O8S2. The number of carbonyl (C=O) groups is 5. The molecule has 13 heteroatoms. The van der Waals surface area contributed by atoms with Crippen molar-refractivity contribution in [3.8, 4) is 0 Å². The summed E-state index contributed by atoms with van der Waals surface area (Å²) in [6, 6.07) is -0.662. The van der Waals surface area contributed by atoms with Crippen LogP contribution in [0.3, 0.4) is 0 Å². The Morgan fingerprint density at radius 1 is 0.947 bits per heavy atom. The number of amides is 4. The fraction of sp³-hybridized carbons (Fsp3) is 0.800. The minimum absolute atomic E-state index is 0.0719. The van der Waals surface area contributed by atoms with Crippen LogP contribution in [0.4, 0.5) is 9.59 Å². The van der Waals surface area contributed by atoms with Crippen LogP contribution in [-0.2, 0) is 28.6 Å². The number of imide groups is 1. The quantitative estimate of drug-likeness (QED) is 0.129. The van der Waals surface area contributed by atoms with Gasteiger partial charge in [0.15, 0.2) is 0 Å². The van der Waals surface area contributed by atoms with Crippen LogP contribution >= 0.6 is 21.6 Å². The number of alkyl carbamates (subject to hydrolysis) is 2. The topological polar surface area (TPSA) is 140 Å². The van der Waals surface area contributed by atoms with E-state index in [0.717, 1.165) is 38.5 Å². The first kappa shape index (κ1) is 32.1. The highest BCUT2D eigenvalue weighted by atomic mass is 33.1. The van der Waals surface area contributed by atoms with Crippen LogP contribution in [0.2, 0.25) is 0 Å². The van der Waals surface area contributed by atoms with E-state index in [-0.39, 0.29) is 30.5 Å². The first-order valence-electron chi connectivity index (χ1n) is 13.4. The molecule has 1 heterocycles. The molecule has 1 aliphatic heterocycles. The molecule has 0 unspecified atom stereocenters. The molecule has 11 nitrogen and oxygen atoms in total. The van der Waals surface area contributed by atoms with E-state index in [1.165, 1.54) is 26.5 Å². The monoisotopic (exact) mass is 575 g/mol. The number of likely N-dealkylation sites (tertiary alicyclic amines) is 1. The zero-order valence-electron chi connectivity index (χ0n) is 22.4. The normalized spacial score (nSPS) is 17.4. The van der Waals surface area contributed by atoms with Gasteiger partial charge in [-0.25, -0.2) is 9.59 Å². The maximum atomic E-state index is 12.3. The Balaban J connectivity index is 1.53. The standard InChI is InChI=1S/C25H41N3O8S2/c1-3-19(28-12-8-9-20(28)29)22(31)27-24(33)36-14-16-38-37-15-13-35-23(32)26-18-25(10-6-5-7-11-25)17-21(30)34-4-2/h19H,3-18H2,1-2H3,(H,26,32)(H,27,31,33)/t19-/m0/s1.